The number of ketones is 1. The smallest absolute Gasteiger partial charge is 0.323 e. The molecule has 40 heavy (non-hydrogen) atoms. The van der Waals surface area contributed by atoms with Crippen LogP contribution in [0.1, 0.15) is 92.9 Å². The summed E-state index contributed by atoms with van der Waals surface area (Å²) < 4.78 is 5.69. The molecule has 0 spiro atoms. The van der Waals surface area contributed by atoms with E-state index in [0.29, 0.717) is 11.5 Å². The molecule has 7 heteroatoms. The van der Waals surface area contributed by atoms with Crippen molar-refractivity contribution >= 4 is 17.7 Å². The first kappa shape index (κ1) is 28.8. The maximum absolute atomic E-state index is 12.7. The number of esters is 1. The highest BCUT2D eigenvalue weighted by Crippen LogP contribution is 2.75. The predicted molar refractivity (Wildman–Crippen MR) is 154 cm³/mol. The van der Waals surface area contributed by atoms with Crippen LogP contribution in [-0.4, -0.2) is 35.4 Å². The van der Waals surface area contributed by atoms with E-state index in [1.807, 2.05) is 6.92 Å². The monoisotopic (exact) mass is 550 g/mol. The maximum atomic E-state index is 12.7. The molecule has 1 unspecified atom stereocenters. The van der Waals surface area contributed by atoms with E-state index in [0.717, 1.165) is 56.1 Å². The van der Waals surface area contributed by atoms with Crippen molar-refractivity contribution in [2.45, 2.75) is 99.0 Å². The average Bonchev–Trinajstić information content (AvgIpc) is 2.88. The van der Waals surface area contributed by atoms with Crippen molar-refractivity contribution < 1.29 is 24.2 Å². The Kier molecular flexibility index (Phi) is 6.61. The van der Waals surface area contributed by atoms with Gasteiger partial charge < -0.3 is 21.3 Å². The molecular formula is C33H46N2O5. The lowest BCUT2D eigenvalue weighted by Crippen LogP contribution is -2.62. The SMILES string of the molecule is CC1=C(O)C(=O)C=C2C1=CC=C1[C@@]2(C)CC[C@@]2(C)[C@@H]3C[C@](C)(COC(=O)C(N)CC(N)=O)CC[C@@]3(C)CC[C@]12C. The van der Waals surface area contributed by atoms with Crippen LogP contribution in [0.15, 0.2) is 46.3 Å². The van der Waals surface area contributed by atoms with E-state index in [-0.39, 0.29) is 51.6 Å². The van der Waals surface area contributed by atoms with Crippen molar-refractivity contribution in [1.29, 1.82) is 0 Å². The number of aliphatic hydroxyl groups excluding tert-OH is 1. The summed E-state index contributed by atoms with van der Waals surface area (Å²) in [5.41, 5.74) is 14.9. The van der Waals surface area contributed by atoms with E-state index >= 15 is 0 Å². The van der Waals surface area contributed by atoms with Crippen molar-refractivity contribution in [1.82, 2.24) is 0 Å². The molecular weight excluding hydrogens is 504 g/mol. The Hall–Kier alpha value is -2.67. The number of aliphatic hydroxyl groups is 1. The normalized spacial score (nSPS) is 41.3. The Bertz CT molecular complexity index is 1310. The van der Waals surface area contributed by atoms with Crippen molar-refractivity contribution in [3.63, 3.8) is 0 Å². The topological polar surface area (TPSA) is 133 Å². The van der Waals surface area contributed by atoms with Crippen molar-refractivity contribution in [2.24, 2.45) is 44.5 Å². The molecule has 5 aliphatic carbocycles. The van der Waals surface area contributed by atoms with Crippen LogP contribution in [0.5, 0.6) is 0 Å². The van der Waals surface area contributed by atoms with Gasteiger partial charge in [0.25, 0.3) is 0 Å². The molecule has 3 saturated carbocycles. The van der Waals surface area contributed by atoms with E-state index in [9.17, 15) is 19.5 Å². The number of nitrogens with two attached hydrogens (primary N) is 2. The van der Waals surface area contributed by atoms with Gasteiger partial charge in [-0.1, -0.05) is 52.3 Å². The van der Waals surface area contributed by atoms with E-state index in [1.165, 1.54) is 5.57 Å². The van der Waals surface area contributed by atoms with Crippen LogP contribution in [0.4, 0.5) is 0 Å². The maximum Gasteiger partial charge on any atom is 0.323 e. The van der Waals surface area contributed by atoms with Crippen LogP contribution in [0, 0.1) is 33.0 Å². The number of amides is 1. The molecule has 0 aromatic carbocycles. The number of hydrogen-bond acceptors (Lipinski definition) is 6. The first-order valence-corrected chi connectivity index (χ1v) is 14.8. The van der Waals surface area contributed by atoms with Gasteiger partial charge >= 0.3 is 5.97 Å². The lowest BCUT2D eigenvalue weighted by Gasteiger charge is -2.70. The zero-order valence-electron chi connectivity index (χ0n) is 25.0. The first-order valence-electron chi connectivity index (χ1n) is 14.8. The van der Waals surface area contributed by atoms with Crippen molar-refractivity contribution in [2.75, 3.05) is 6.61 Å². The van der Waals surface area contributed by atoms with Gasteiger partial charge in [-0.3, -0.25) is 14.4 Å². The molecule has 1 amide bonds. The van der Waals surface area contributed by atoms with Gasteiger partial charge in [0.2, 0.25) is 11.7 Å². The van der Waals surface area contributed by atoms with E-state index in [4.69, 9.17) is 16.2 Å². The highest BCUT2D eigenvalue weighted by molar-refractivity contribution is 6.06. The third kappa shape index (κ3) is 4.06. The number of carbonyl (C=O) groups excluding carboxylic acids is 3. The second kappa shape index (κ2) is 9.17. The number of primary amides is 1. The van der Waals surface area contributed by atoms with E-state index in [1.54, 1.807) is 6.08 Å². The minimum absolute atomic E-state index is 0.0248. The molecule has 5 N–H and O–H groups in total. The van der Waals surface area contributed by atoms with Gasteiger partial charge in [-0.25, -0.2) is 0 Å². The molecule has 0 bridgehead atoms. The fraction of sp³-hybridized carbons (Fsp3) is 0.667. The molecule has 7 atom stereocenters. The number of rotatable bonds is 5. The third-order valence-electron chi connectivity index (χ3n) is 12.3. The molecule has 7 nitrogen and oxygen atoms in total. The number of ether oxygens (including phenoxy) is 1. The fourth-order valence-corrected chi connectivity index (χ4v) is 9.31. The Morgan fingerprint density at radius 1 is 1.05 bits per heavy atom. The molecule has 218 valence electrons. The van der Waals surface area contributed by atoms with Gasteiger partial charge in [0, 0.05) is 16.4 Å². The average molecular weight is 551 g/mol. The van der Waals surface area contributed by atoms with Gasteiger partial charge in [0.05, 0.1) is 13.0 Å². The molecule has 0 saturated heterocycles. The van der Waals surface area contributed by atoms with E-state index < -0.39 is 17.9 Å². The van der Waals surface area contributed by atoms with Crippen LogP contribution in [0.2, 0.25) is 0 Å². The van der Waals surface area contributed by atoms with Gasteiger partial charge in [-0.2, -0.15) is 0 Å². The summed E-state index contributed by atoms with van der Waals surface area (Å²) >= 11 is 0. The highest BCUT2D eigenvalue weighted by atomic mass is 16.5. The fourth-order valence-electron chi connectivity index (χ4n) is 9.31. The summed E-state index contributed by atoms with van der Waals surface area (Å²) in [4.78, 5) is 36.4. The van der Waals surface area contributed by atoms with Crippen molar-refractivity contribution in [3.05, 3.63) is 46.3 Å². The molecule has 5 rings (SSSR count). The second-order valence-corrected chi connectivity index (χ2v) is 14.7. The largest absolute Gasteiger partial charge is 0.504 e. The number of fused-ring (bicyclic) bond motifs is 7. The Morgan fingerprint density at radius 2 is 1.73 bits per heavy atom. The molecule has 0 aromatic rings. The van der Waals surface area contributed by atoms with Crippen LogP contribution in [0.3, 0.4) is 0 Å². The van der Waals surface area contributed by atoms with Gasteiger partial charge in [0.1, 0.15) is 6.04 Å². The van der Waals surface area contributed by atoms with Crippen LogP contribution < -0.4 is 11.5 Å². The first-order chi connectivity index (χ1) is 18.5. The van der Waals surface area contributed by atoms with Gasteiger partial charge in [-0.15, -0.1) is 0 Å². The summed E-state index contributed by atoms with van der Waals surface area (Å²) in [6.45, 7) is 14.0. The second-order valence-electron chi connectivity index (χ2n) is 14.7. The summed E-state index contributed by atoms with van der Waals surface area (Å²) in [5.74, 6) is -1.19. The molecule has 5 aliphatic rings. The van der Waals surface area contributed by atoms with E-state index in [2.05, 4.69) is 46.8 Å². The molecule has 0 heterocycles. The Morgan fingerprint density at radius 3 is 2.40 bits per heavy atom. The molecule has 3 fully saturated rings. The minimum atomic E-state index is -1.03. The van der Waals surface area contributed by atoms with Crippen LogP contribution >= 0.6 is 0 Å². The molecule has 0 aliphatic heterocycles. The minimum Gasteiger partial charge on any atom is -0.504 e. The predicted octanol–water partition coefficient (Wildman–Crippen LogP) is 5.36. The molecule has 0 radical (unpaired) electrons. The van der Waals surface area contributed by atoms with Crippen LogP contribution in [-0.2, 0) is 19.1 Å². The third-order valence-corrected chi connectivity index (χ3v) is 12.3. The summed E-state index contributed by atoms with van der Waals surface area (Å²) in [6, 6.07) is -1.03. The van der Waals surface area contributed by atoms with Crippen LogP contribution in [0.25, 0.3) is 0 Å². The zero-order chi connectivity index (χ0) is 29.5. The Balaban J connectivity index is 1.46. The van der Waals surface area contributed by atoms with Gasteiger partial charge in [-0.05, 0) is 91.3 Å². The Labute approximate surface area is 238 Å². The lowest BCUT2D eigenvalue weighted by molar-refractivity contribution is -0.174. The quantitative estimate of drug-likeness (QED) is 0.395. The summed E-state index contributed by atoms with van der Waals surface area (Å²) in [7, 11) is 0. The standard InChI is InChI=1S/C33H46N2O5/c1-19-20-7-8-24-31(4,21(20)15-23(36)27(19)38)12-14-33(6)25-17-29(2,18-40-28(39)22(34)16-26(35)37)9-10-30(25,3)11-13-32(24,33)5/h7-8,15,22,25,38H,9-14,16-18,34H2,1-6H3,(H2,35,37)/t22?,25-,29-,30+,31+,32-,33+/m1/s1. The zero-order valence-corrected chi connectivity index (χ0v) is 25.0. The summed E-state index contributed by atoms with van der Waals surface area (Å²) in [5, 5.41) is 10.4. The molecule has 0 aromatic heterocycles. The number of allylic oxidation sites excluding steroid dienone is 7. The number of hydrogen-bond donors (Lipinski definition) is 3. The van der Waals surface area contributed by atoms with Gasteiger partial charge in [0.15, 0.2) is 5.76 Å². The van der Waals surface area contributed by atoms with Crippen molar-refractivity contribution in [3.8, 4) is 0 Å². The highest BCUT2D eigenvalue weighted by Gasteiger charge is 2.66. The lowest BCUT2D eigenvalue weighted by atomic mass is 9.34. The summed E-state index contributed by atoms with van der Waals surface area (Å²) in [6.07, 6.45) is 13.1. The number of carbonyl (C=O) groups is 3.